The van der Waals surface area contributed by atoms with Crippen LogP contribution in [0.3, 0.4) is 0 Å². The molecule has 4 nitrogen and oxygen atoms in total. The number of anilines is 1. The lowest BCUT2D eigenvalue weighted by Crippen LogP contribution is -2.37. The lowest BCUT2D eigenvalue weighted by atomic mass is 10.2. The minimum atomic E-state index is 0.124. The number of carbonyl (C=O) groups excluding carboxylic acids is 2. The maximum Gasteiger partial charge on any atom is 0.237 e. The monoisotopic (exact) mass is 278 g/mol. The van der Waals surface area contributed by atoms with E-state index in [2.05, 4.69) is 4.90 Å². The van der Waals surface area contributed by atoms with Gasteiger partial charge in [0.05, 0.1) is 11.4 Å². The highest BCUT2D eigenvalue weighted by Crippen LogP contribution is 2.35. The van der Waals surface area contributed by atoms with Gasteiger partial charge in [0.2, 0.25) is 5.91 Å². The molecule has 5 heteroatoms. The van der Waals surface area contributed by atoms with Gasteiger partial charge in [0, 0.05) is 17.0 Å². The zero-order valence-electron chi connectivity index (χ0n) is 11.3. The first-order valence-electron chi connectivity index (χ1n) is 6.29. The molecule has 2 rings (SSSR count). The lowest BCUT2D eigenvalue weighted by molar-refractivity contribution is -0.116. The van der Waals surface area contributed by atoms with Crippen molar-refractivity contribution >= 4 is 29.6 Å². The first-order chi connectivity index (χ1) is 9.11. The Kier molecular flexibility index (Phi) is 4.61. The van der Waals surface area contributed by atoms with Crippen molar-refractivity contribution in [1.82, 2.24) is 4.90 Å². The van der Waals surface area contributed by atoms with E-state index in [1.165, 1.54) is 0 Å². The fourth-order valence-corrected chi connectivity index (χ4v) is 3.00. The van der Waals surface area contributed by atoms with Crippen LogP contribution < -0.4 is 4.90 Å². The summed E-state index contributed by atoms with van der Waals surface area (Å²) < 4.78 is 0. The number of carbonyl (C=O) groups is 2. The molecule has 1 heterocycles. The van der Waals surface area contributed by atoms with Crippen LogP contribution in [0.1, 0.15) is 16.8 Å². The molecule has 0 saturated heterocycles. The van der Waals surface area contributed by atoms with Crippen molar-refractivity contribution in [2.75, 3.05) is 37.8 Å². The summed E-state index contributed by atoms with van der Waals surface area (Å²) in [6.07, 6.45) is 1.75. The Hall–Kier alpha value is -1.33. The molecule has 1 aromatic rings. The zero-order chi connectivity index (χ0) is 13.8. The van der Waals surface area contributed by atoms with Crippen LogP contribution in [-0.2, 0) is 4.79 Å². The summed E-state index contributed by atoms with van der Waals surface area (Å²) in [5.41, 5.74) is 1.50. The fraction of sp³-hybridized carbons (Fsp3) is 0.429. The van der Waals surface area contributed by atoms with Crippen molar-refractivity contribution in [3.8, 4) is 0 Å². The lowest BCUT2D eigenvalue weighted by Gasteiger charge is -2.29. The molecule has 0 N–H and O–H groups in total. The quantitative estimate of drug-likeness (QED) is 0.771. The largest absolute Gasteiger partial charge is 0.310 e. The number of hydrogen-bond donors (Lipinski definition) is 0. The number of nitrogens with zero attached hydrogens (tertiary/aromatic N) is 2. The average molecular weight is 278 g/mol. The smallest absolute Gasteiger partial charge is 0.237 e. The maximum atomic E-state index is 12.0. The third-order valence-corrected chi connectivity index (χ3v) is 4.10. The molecule has 0 saturated carbocycles. The van der Waals surface area contributed by atoms with Gasteiger partial charge in [-0.1, -0.05) is 6.07 Å². The second-order valence-electron chi connectivity index (χ2n) is 4.84. The Morgan fingerprint density at radius 2 is 2.21 bits per heavy atom. The predicted molar refractivity (Wildman–Crippen MR) is 78.1 cm³/mol. The standard InChI is InChI=1S/C14H18N2O2S/c1-15(2)6-3-7-16-12-8-11(9-17)4-5-13(12)19-10-14(16)18/h4-5,8-9H,3,6-7,10H2,1-2H3. The molecule has 0 aliphatic carbocycles. The van der Waals surface area contributed by atoms with E-state index in [1.54, 1.807) is 17.8 Å². The number of fused-ring (bicyclic) bond motifs is 1. The van der Waals surface area contributed by atoms with Crippen molar-refractivity contribution in [2.45, 2.75) is 11.3 Å². The first-order valence-corrected chi connectivity index (χ1v) is 7.27. The maximum absolute atomic E-state index is 12.0. The van der Waals surface area contributed by atoms with Crippen molar-refractivity contribution in [3.63, 3.8) is 0 Å². The molecule has 0 radical (unpaired) electrons. The van der Waals surface area contributed by atoms with Crippen LogP contribution in [0.2, 0.25) is 0 Å². The van der Waals surface area contributed by atoms with Gasteiger partial charge in [-0.15, -0.1) is 11.8 Å². The second-order valence-corrected chi connectivity index (χ2v) is 5.85. The summed E-state index contributed by atoms with van der Waals surface area (Å²) in [5, 5.41) is 0. The van der Waals surface area contributed by atoms with E-state index in [9.17, 15) is 9.59 Å². The molecule has 102 valence electrons. The van der Waals surface area contributed by atoms with Crippen LogP contribution >= 0.6 is 11.8 Å². The summed E-state index contributed by atoms with van der Waals surface area (Å²) >= 11 is 1.54. The van der Waals surface area contributed by atoms with E-state index >= 15 is 0 Å². The van der Waals surface area contributed by atoms with E-state index < -0.39 is 0 Å². The van der Waals surface area contributed by atoms with Gasteiger partial charge < -0.3 is 9.80 Å². The zero-order valence-corrected chi connectivity index (χ0v) is 12.1. The minimum absolute atomic E-state index is 0.124. The van der Waals surface area contributed by atoms with Gasteiger partial charge in [0.1, 0.15) is 6.29 Å². The highest BCUT2D eigenvalue weighted by Gasteiger charge is 2.24. The van der Waals surface area contributed by atoms with E-state index in [0.717, 1.165) is 29.8 Å². The summed E-state index contributed by atoms with van der Waals surface area (Å²) in [7, 11) is 4.04. The first kappa shape index (κ1) is 14.1. The van der Waals surface area contributed by atoms with E-state index in [-0.39, 0.29) is 5.91 Å². The van der Waals surface area contributed by atoms with Gasteiger partial charge in [-0.05, 0) is 39.2 Å². The Morgan fingerprint density at radius 3 is 2.89 bits per heavy atom. The van der Waals surface area contributed by atoms with Crippen molar-refractivity contribution in [1.29, 1.82) is 0 Å². The SMILES string of the molecule is CN(C)CCCN1C(=O)CSc2ccc(C=O)cc21. The Bertz CT molecular complexity index is 488. The van der Waals surface area contributed by atoms with Crippen molar-refractivity contribution < 1.29 is 9.59 Å². The second kappa shape index (κ2) is 6.21. The number of amides is 1. The molecular formula is C14H18N2O2S. The van der Waals surface area contributed by atoms with Crippen LogP contribution in [0.25, 0.3) is 0 Å². The van der Waals surface area contributed by atoms with Crippen molar-refractivity contribution in [2.24, 2.45) is 0 Å². The van der Waals surface area contributed by atoms with Crippen LogP contribution in [0.5, 0.6) is 0 Å². The third-order valence-electron chi connectivity index (χ3n) is 3.05. The van der Waals surface area contributed by atoms with Gasteiger partial charge in [0.25, 0.3) is 0 Å². The molecule has 0 fully saturated rings. The number of hydrogen-bond acceptors (Lipinski definition) is 4. The highest BCUT2D eigenvalue weighted by molar-refractivity contribution is 8.00. The van der Waals surface area contributed by atoms with E-state index in [4.69, 9.17) is 0 Å². The molecule has 0 atom stereocenters. The molecule has 0 unspecified atom stereocenters. The fourth-order valence-electron chi connectivity index (χ4n) is 2.08. The predicted octanol–water partition coefficient (Wildman–Crippen LogP) is 1.89. The summed E-state index contributed by atoms with van der Waals surface area (Å²) in [6, 6.07) is 5.53. The van der Waals surface area contributed by atoms with E-state index in [1.807, 2.05) is 31.1 Å². The van der Waals surface area contributed by atoms with E-state index in [0.29, 0.717) is 17.9 Å². The summed E-state index contributed by atoms with van der Waals surface area (Å²) in [4.78, 5) is 27.9. The number of thioether (sulfide) groups is 1. The number of rotatable bonds is 5. The molecular weight excluding hydrogens is 260 g/mol. The third kappa shape index (κ3) is 3.36. The normalized spacial score (nSPS) is 14.7. The molecule has 0 bridgehead atoms. The average Bonchev–Trinajstić information content (AvgIpc) is 2.40. The molecule has 1 aliphatic rings. The molecule has 19 heavy (non-hydrogen) atoms. The van der Waals surface area contributed by atoms with Crippen LogP contribution in [0.4, 0.5) is 5.69 Å². The van der Waals surface area contributed by atoms with Gasteiger partial charge in [-0.3, -0.25) is 9.59 Å². The van der Waals surface area contributed by atoms with Crippen LogP contribution in [0.15, 0.2) is 23.1 Å². The summed E-state index contributed by atoms with van der Waals surface area (Å²) in [6.45, 7) is 1.65. The van der Waals surface area contributed by atoms with Gasteiger partial charge >= 0.3 is 0 Å². The van der Waals surface area contributed by atoms with Gasteiger partial charge in [-0.25, -0.2) is 0 Å². The topological polar surface area (TPSA) is 40.6 Å². The molecule has 1 amide bonds. The molecule has 1 aromatic carbocycles. The number of benzene rings is 1. The summed E-state index contributed by atoms with van der Waals surface area (Å²) in [5.74, 6) is 0.606. The van der Waals surface area contributed by atoms with Crippen LogP contribution in [0, 0.1) is 0 Å². The minimum Gasteiger partial charge on any atom is -0.310 e. The molecule has 0 spiro atoms. The highest BCUT2D eigenvalue weighted by atomic mass is 32.2. The van der Waals surface area contributed by atoms with Crippen molar-refractivity contribution in [3.05, 3.63) is 23.8 Å². The molecule has 1 aliphatic heterocycles. The van der Waals surface area contributed by atoms with Gasteiger partial charge in [-0.2, -0.15) is 0 Å². The number of aldehydes is 1. The van der Waals surface area contributed by atoms with Crippen LogP contribution in [-0.4, -0.2) is 50.0 Å². The Labute approximate surface area is 117 Å². The Balaban J connectivity index is 2.18. The van der Waals surface area contributed by atoms with Gasteiger partial charge in [0.15, 0.2) is 0 Å². The molecule has 0 aromatic heterocycles. The Morgan fingerprint density at radius 1 is 1.42 bits per heavy atom.